The van der Waals surface area contributed by atoms with Gasteiger partial charge in [-0.15, -0.1) is 0 Å². The van der Waals surface area contributed by atoms with Gasteiger partial charge in [0.05, 0.1) is 22.4 Å². The highest BCUT2D eigenvalue weighted by Crippen LogP contribution is 2.41. The first-order valence-corrected chi connectivity index (χ1v) is 20.5. The second-order valence-electron chi connectivity index (χ2n) is 17.9. The Hall–Kier alpha value is -6.64. The van der Waals surface area contributed by atoms with Gasteiger partial charge in [-0.05, 0) is 127 Å². The Balaban J connectivity index is 1.15. The lowest BCUT2D eigenvalue weighted by Crippen LogP contribution is -2.11. The van der Waals surface area contributed by atoms with Gasteiger partial charge in [-0.2, -0.15) is 0 Å². The van der Waals surface area contributed by atoms with Crippen LogP contribution in [0, 0.1) is 0 Å². The maximum Gasteiger partial charge on any atom is 0.0547 e. The number of aromatic nitrogens is 2. The number of hydrogen-bond donors (Lipinski definition) is 0. The van der Waals surface area contributed by atoms with Crippen LogP contribution in [-0.4, -0.2) is 9.13 Å². The summed E-state index contributed by atoms with van der Waals surface area (Å²) in [7, 11) is 0. The van der Waals surface area contributed by atoms with Crippen molar-refractivity contribution in [1.82, 2.24) is 9.13 Å². The van der Waals surface area contributed by atoms with Crippen molar-refractivity contribution in [3.8, 4) is 45.0 Å². The summed E-state index contributed by atoms with van der Waals surface area (Å²) in [6, 6.07) is 67.7. The van der Waals surface area contributed by atoms with E-state index in [1.165, 1.54) is 93.8 Å². The Morgan fingerprint density at radius 1 is 0.328 bits per heavy atom. The lowest BCUT2D eigenvalue weighted by molar-refractivity contribution is 0.590. The molecule has 10 rings (SSSR count). The van der Waals surface area contributed by atoms with E-state index in [2.05, 4.69) is 233 Å². The van der Waals surface area contributed by atoms with Crippen molar-refractivity contribution in [2.45, 2.75) is 52.4 Å². The van der Waals surface area contributed by atoms with Crippen LogP contribution >= 0.6 is 0 Å². The van der Waals surface area contributed by atoms with Crippen LogP contribution in [0.2, 0.25) is 0 Å². The van der Waals surface area contributed by atoms with Crippen LogP contribution < -0.4 is 0 Å². The van der Waals surface area contributed by atoms with Crippen molar-refractivity contribution < 1.29 is 0 Å². The summed E-state index contributed by atoms with van der Waals surface area (Å²) in [5, 5.41) is 7.49. The maximum absolute atomic E-state index is 2.46. The van der Waals surface area contributed by atoms with Crippen molar-refractivity contribution in [3.63, 3.8) is 0 Å². The normalized spacial score (nSPS) is 12.3. The lowest BCUT2D eigenvalue weighted by atomic mass is 9.87. The highest BCUT2D eigenvalue weighted by Gasteiger charge is 2.20. The molecule has 10 aromatic rings. The van der Waals surface area contributed by atoms with Crippen molar-refractivity contribution in [2.24, 2.45) is 0 Å². The second kappa shape index (κ2) is 13.5. The van der Waals surface area contributed by atoms with Crippen LogP contribution in [0.3, 0.4) is 0 Å². The molecular formula is C56H48N2. The predicted molar refractivity (Wildman–Crippen MR) is 249 cm³/mol. The van der Waals surface area contributed by atoms with Gasteiger partial charge in [-0.3, -0.25) is 0 Å². The minimum absolute atomic E-state index is 0.0738. The van der Waals surface area contributed by atoms with Gasteiger partial charge in [0.1, 0.15) is 0 Å². The van der Waals surface area contributed by atoms with E-state index in [9.17, 15) is 0 Å². The zero-order chi connectivity index (χ0) is 39.8. The fourth-order valence-corrected chi connectivity index (χ4v) is 8.85. The first-order chi connectivity index (χ1) is 28.0. The minimum Gasteiger partial charge on any atom is -0.309 e. The third-order valence-electron chi connectivity index (χ3n) is 12.0. The van der Waals surface area contributed by atoms with Crippen LogP contribution in [0.5, 0.6) is 0 Å². The first-order valence-electron chi connectivity index (χ1n) is 20.5. The number of fused-ring (bicyclic) bond motifs is 5. The lowest BCUT2D eigenvalue weighted by Gasteiger charge is -2.20. The van der Waals surface area contributed by atoms with Crippen molar-refractivity contribution >= 4 is 43.4 Å². The summed E-state index contributed by atoms with van der Waals surface area (Å²) in [6.45, 7) is 13.6. The van der Waals surface area contributed by atoms with Gasteiger partial charge in [0, 0.05) is 27.7 Å². The quantitative estimate of drug-likeness (QED) is 0.155. The predicted octanol–water partition coefficient (Wildman–Crippen LogP) is 15.5. The molecule has 0 bridgehead atoms. The fraction of sp³-hybridized carbons (Fsp3) is 0.143. The molecule has 0 atom stereocenters. The van der Waals surface area contributed by atoms with Crippen molar-refractivity contribution in [1.29, 1.82) is 0 Å². The first kappa shape index (κ1) is 35.8. The Morgan fingerprint density at radius 2 is 0.793 bits per heavy atom. The Labute approximate surface area is 341 Å². The summed E-state index contributed by atoms with van der Waals surface area (Å²) in [5.41, 5.74) is 14.8. The fourth-order valence-electron chi connectivity index (χ4n) is 8.85. The molecule has 0 aliphatic carbocycles. The van der Waals surface area contributed by atoms with Crippen LogP contribution in [0.25, 0.3) is 88.4 Å². The van der Waals surface area contributed by atoms with E-state index in [4.69, 9.17) is 0 Å². The molecule has 2 heterocycles. The summed E-state index contributed by atoms with van der Waals surface area (Å²) in [6.07, 6.45) is 0. The largest absolute Gasteiger partial charge is 0.309 e. The van der Waals surface area contributed by atoms with Crippen LogP contribution in [0.4, 0.5) is 0 Å². The van der Waals surface area contributed by atoms with E-state index < -0.39 is 0 Å². The number of hydrogen-bond acceptors (Lipinski definition) is 0. The van der Waals surface area contributed by atoms with Gasteiger partial charge >= 0.3 is 0 Å². The second-order valence-corrected chi connectivity index (χ2v) is 17.9. The molecule has 0 radical (unpaired) electrons. The highest BCUT2D eigenvalue weighted by molar-refractivity contribution is 6.14. The van der Waals surface area contributed by atoms with Crippen LogP contribution in [-0.2, 0) is 10.8 Å². The summed E-state index contributed by atoms with van der Waals surface area (Å²) in [4.78, 5) is 0. The molecule has 0 amide bonds. The number of nitrogens with zero attached hydrogens (tertiary/aromatic N) is 2. The molecule has 282 valence electrons. The Morgan fingerprint density at radius 3 is 1.34 bits per heavy atom. The zero-order valence-corrected chi connectivity index (χ0v) is 34.2. The van der Waals surface area contributed by atoms with Crippen LogP contribution in [0.15, 0.2) is 182 Å². The molecule has 8 aromatic carbocycles. The molecule has 0 fully saturated rings. The smallest absolute Gasteiger partial charge is 0.0547 e. The number of benzene rings is 8. The van der Waals surface area contributed by atoms with Gasteiger partial charge in [0.25, 0.3) is 0 Å². The molecule has 0 spiro atoms. The van der Waals surface area contributed by atoms with E-state index in [1.54, 1.807) is 0 Å². The standard InChI is InChI=1S/C56H48N2/c1-55(2,3)43-22-26-45(27-23-43)57-51-30-20-38(32-41(51)35-53(57)37-14-8-7-9-15-37)39-21-31-52-42(33-39)36-54(58(52)46-28-24-44(25-29-46)56(4,5)6)50-34-40-16-10-11-17-47(40)48-18-12-13-19-49(48)50/h7-36H,1-6H3. The monoisotopic (exact) mass is 748 g/mol. The van der Waals surface area contributed by atoms with Gasteiger partial charge in [0.15, 0.2) is 0 Å². The van der Waals surface area contributed by atoms with Gasteiger partial charge in [0.2, 0.25) is 0 Å². The molecule has 2 nitrogen and oxygen atoms in total. The zero-order valence-electron chi connectivity index (χ0n) is 34.2. The Bertz CT molecular complexity index is 3140. The van der Waals surface area contributed by atoms with E-state index in [0.29, 0.717) is 0 Å². The van der Waals surface area contributed by atoms with E-state index in [0.717, 1.165) is 5.69 Å². The topological polar surface area (TPSA) is 9.86 Å². The molecule has 0 unspecified atom stereocenters. The van der Waals surface area contributed by atoms with Gasteiger partial charge < -0.3 is 9.13 Å². The summed E-state index contributed by atoms with van der Waals surface area (Å²) >= 11 is 0. The minimum atomic E-state index is 0.0738. The van der Waals surface area contributed by atoms with Crippen LogP contribution in [0.1, 0.15) is 52.7 Å². The van der Waals surface area contributed by atoms with Gasteiger partial charge in [-0.25, -0.2) is 0 Å². The molecule has 2 heteroatoms. The average Bonchev–Trinajstić information content (AvgIpc) is 3.82. The molecule has 2 aromatic heterocycles. The molecule has 0 N–H and O–H groups in total. The molecule has 0 saturated carbocycles. The van der Waals surface area contributed by atoms with E-state index in [1.807, 2.05) is 0 Å². The SMILES string of the molecule is CC(C)(C)c1ccc(-n2c(-c3ccccc3)cc3cc(-c4ccc5c(c4)cc(-c4cc6ccccc6c6ccccc46)n5-c4ccc(C(C)(C)C)cc4)ccc32)cc1. The molecule has 0 aliphatic heterocycles. The summed E-state index contributed by atoms with van der Waals surface area (Å²) < 4.78 is 4.87. The molecule has 58 heavy (non-hydrogen) atoms. The number of rotatable bonds is 5. The maximum atomic E-state index is 2.46. The van der Waals surface area contributed by atoms with E-state index >= 15 is 0 Å². The van der Waals surface area contributed by atoms with Gasteiger partial charge in [-0.1, -0.05) is 157 Å². The summed E-state index contributed by atoms with van der Waals surface area (Å²) in [5.74, 6) is 0. The van der Waals surface area contributed by atoms with Crippen molar-refractivity contribution in [2.75, 3.05) is 0 Å². The molecular weight excluding hydrogens is 701 g/mol. The third-order valence-corrected chi connectivity index (χ3v) is 12.0. The molecule has 0 saturated heterocycles. The Kier molecular flexibility index (Phi) is 8.32. The molecule has 0 aliphatic rings. The highest BCUT2D eigenvalue weighted by atomic mass is 15.0. The van der Waals surface area contributed by atoms with Crippen molar-refractivity contribution in [3.05, 3.63) is 193 Å². The third kappa shape index (κ3) is 6.12. The van der Waals surface area contributed by atoms with E-state index in [-0.39, 0.29) is 10.8 Å². The average molecular weight is 749 g/mol.